The summed E-state index contributed by atoms with van der Waals surface area (Å²) in [5, 5.41) is 13.5. The van der Waals surface area contributed by atoms with E-state index in [1.165, 1.54) is 18.3 Å². The van der Waals surface area contributed by atoms with Crippen molar-refractivity contribution < 1.29 is 14.5 Å². The summed E-state index contributed by atoms with van der Waals surface area (Å²) in [5.74, 6) is -0.532. The third-order valence-corrected chi connectivity index (χ3v) is 3.79. The molecule has 0 saturated carbocycles. The quantitative estimate of drug-likeness (QED) is 0.449. The predicted octanol–water partition coefficient (Wildman–Crippen LogP) is 2.75. The highest BCUT2D eigenvalue weighted by Gasteiger charge is 2.18. The molecule has 0 bridgehead atoms. The Morgan fingerprint density at radius 2 is 1.92 bits per heavy atom. The maximum absolute atomic E-state index is 12.3. The number of nitro groups is 1. The van der Waals surface area contributed by atoms with Gasteiger partial charge in [0, 0.05) is 34.4 Å². The highest BCUT2D eigenvalue weighted by Crippen LogP contribution is 2.15. The van der Waals surface area contributed by atoms with Crippen LogP contribution in [0.3, 0.4) is 0 Å². The van der Waals surface area contributed by atoms with E-state index in [1.807, 2.05) is 0 Å². The number of hydrogen-bond donors (Lipinski definition) is 1. The van der Waals surface area contributed by atoms with Gasteiger partial charge in [-0.2, -0.15) is 0 Å². The zero-order valence-electron chi connectivity index (χ0n) is 13.2. The van der Waals surface area contributed by atoms with E-state index in [4.69, 9.17) is 0 Å². The monoisotopic (exact) mass is 407 g/mol. The number of aromatic nitrogens is 1. The van der Waals surface area contributed by atoms with E-state index in [0.717, 1.165) is 10.6 Å². The molecule has 1 amide bonds. The normalized spacial score (nSPS) is 10.3. The van der Waals surface area contributed by atoms with Crippen molar-refractivity contribution in [3.05, 3.63) is 67.0 Å². The van der Waals surface area contributed by atoms with Gasteiger partial charge in [-0.3, -0.25) is 24.5 Å². The molecule has 0 atom stereocenters. The molecule has 0 aliphatic carbocycles. The van der Waals surface area contributed by atoms with Crippen molar-refractivity contribution in [2.45, 2.75) is 19.9 Å². The molecule has 0 radical (unpaired) electrons. The molecule has 25 heavy (non-hydrogen) atoms. The summed E-state index contributed by atoms with van der Waals surface area (Å²) >= 11 is 3.09. The Kier molecular flexibility index (Phi) is 5.81. The van der Waals surface area contributed by atoms with Crippen molar-refractivity contribution in [3.8, 4) is 0 Å². The lowest BCUT2D eigenvalue weighted by molar-refractivity contribution is -0.386. The van der Waals surface area contributed by atoms with Gasteiger partial charge in [0.25, 0.3) is 0 Å². The number of benzene rings is 1. The van der Waals surface area contributed by atoms with E-state index in [1.54, 1.807) is 19.1 Å². The predicted molar refractivity (Wildman–Crippen MR) is 94.7 cm³/mol. The van der Waals surface area contributed by atoms with Gasteiger partial charge in [-0.05, 0) is 40.2 Å². The van der Waals surface area contributed by atoms with Crippen LogP contribution in [-0.2, 0) is 11.3 Å². The molecule has 1 N–H and O–H groups in total. The number of ketones is 1. The van der Waals surface area contributed by atoms with Crippen LogP contribution in [0, 0.1) is 10.1 Å². The molecule has 8 nitrogen and oxygen atoms in total. The Labute approximate surface area is 150 Å². The standard InChI is InChI=1S/C16H14BrN3O5/c1-2-15(22)18-12-5-3-10(4-6-12)14(21)9-19-8-11(17)7-13(16(19)23)20(24)25/h3-8H,2,9H2,1H3,(H,18,22). The molecular formula is C16H14BrN3O5. The van der Waals surface area contributed by atoms with Crippen LogP contribution in [-0.4, -0.2) is 21.2 Å². The van der Waals surface area contributed by atoms with Crippen molar-refractivity contribution in [1.29, 1.82) is 0 Å². The number of Topliss-reactive ketones (excluding diaryl/α,β-unsaturated/α-hetero) is 1. The summed E-state index contributed by atoms with van der Waals surface area (Å²) < 4.78 is 1.31. The summed E-state index contributed by atoms with van der Waals surface area (Å²) in [4.78, 5) is 45.8. The number of nitrogens with zero attached hydrogens (tertiary/aromatic N) is 2. The minimum atomic E-state index is -0.853. The maximum atomic E-state index is 12.3. The molecule has 1 aromatic carbocycles. The van der Waals surface area contributed by atoms with E-state index >= 15 is 0 Å². The molecule has 1 aromatic heterocycles. The van der Waals surface area contributed by atoms with Crippen molar-refractivity contribution in [2.24, 2.45) is 0 Å². The van der Waals surface area contributed by atoms with Crippen LogP contribution in [0.25, 0.3) is 0 Å². The fraction of sp³-hybridized carbons (Fsp3) is 0.188. The van der Waals surface area contributed by atoms with Crippen LogP contribution in [0.5, 0.6) is 0 Å². The first-order valence-corrected chi connectivity index (χ1v) is 8.08. The van der Waals surface area contributed by atoms with Crippen LogP contribution < -0.4 is 10.9 Å². The Balaban J connectivity index is 2.21. The topological polar surface area (TPSA) is 111 Å². The fourth-order valence-electron chi connectivity index (χ4n) is 2.07. The lowest BCUT2D eigenvalue weighted by Gasteiger charge is -2.07. The minimum absolute atomic E-state index is 0.146. The zero-order chi connectivity index (χ0) is 18.6. The van der Waals surface area contributed by atoms with E-state index in [0.29, 0.717) is 22.1 Å². The molecule has 0 unspecified atom stereocenters. The Morgan fingerprint density at radius 1 is 1.28 bits per heavy atom. The smallest absolute Gasteiger partial charge is 0.326 e. The van der Waals surface area contributed by atoms with Gasteiger partial charge in [0.2, 0.25) is 5.91 Å². The van der Waals surface area contributed by atoms with Gasteiger partial charge >= 0.3 is 11.2 Å². The summed E-state index contributed by atoms with van der Waals surface area (Å²) in [6.07, 6.45) is 1.66. The average molecular weight is 408 g/mol. The van der Waals surface area contributed by atoms with Crippen molar-refractivity contribution in [3.63, 3.8) is 0 Å². The minimum Gasteiger partial charge on any atom is -0.326 e. The fourth-order valence-corrected chi connectivity index (χ4v) is 2.53. The maximum Gasteiger partial charge on any atom is 0.335 e. The molecule has 2 aromatic rings. The second-order valence-electron chi connectivity index (χ2n) is 5.14. The van der Waals surface area contributed by atoms with Crippen molar-refractivity contribution in [1.82, 2.24) is 4.57 Å². The third-order valence-electron chi connectivity index (χ3n) is 3.36. The molecule has 0 fully saturated rings. The number of hydrogen-bond acceptors (Lipinski definition) is 5. The highest BCUT2D eigenvalue weighted by atomic mass is 79.9. The van der Waals surface area contributed by atoms with Gasteiger partial charge in [0.1, 0.15) is 0 Å². The molecule has 0 aliphatic rings. The number of carbonyl (C=O) groups excluding carboxylic acids is 2. The van der Waals surface area contributed by atoms with E-state index in [9.17, 15) is 24.5 Å². The second-order valence-corrected chi connectivity index (χ2v) is 6.05. The summed E-state index contributed by atoms with van der Waals surface area (Å²) in [7, 11) is 0. The number of halogens is 1. The van der Waals surface area contributed by atoms with Gasteiger partial charge in [0.15, 0.2) is 5.78 Å². The van der Waals surface area contributed by atoms with E-state index < -0.39 is 16.2 Å². The number of anilines is 1. The Bertz CT molecular complexity index is 890. The van der Waals surface area contributed by atoms with Crippen molar-refractivity contribution in [2.75, 3.05) is 5.32 Å². The van der Waals surface area contributed by atoms with E-state index in [2.05, 4.69) is 21.2 Å². The Morgan fingerprint density at radius 3 is 2.48 bits per heavy atom. The largest absolute Gasteiger partial charge is 0.335 e. The molecular weight excluding hydrogens is 394 g/mol. The van der Waals surface area contributed by atoms with Gasteiger partial charge in [-0.1, -0.05) is 6.92 Å². The lowest BCUT2D eigenvalue weighted by Crippen LogP contribution is -2.25. The third kappa shape index (κ3) is 4.60. The van der Waals surface area contributed by atoms with Crippen LogP contribution in [0.15, 0.2) is 45.8 Å². The summed E-state index contributed by atoms with van der Waals surface area (Å²) in [6, 6.07) is 7.28. The Hall–Kier alpha value is -2.81. The number of amides is 1. The molecule has 9 heteroatoms. The lowest BCUT2D eigenvalue weighted by atomic mass is 10.1. The second kappa shape index (κ2) is 7.84. The van der Waals surface area contributed by atoms with E-state index in [-0.39, 0.29) is 18.2 Å². The van der Waals surface area contributed by atoms with Gasteiger partial charge in [0.05, 0.1) is 11.5 Å². The number of rotatable bonds is 6. The number of nitrogens with one attached hydrogen (secondary N) is 1. The van der Waals surface area contributed by atoms with Crippen molar-refractivity contribution >= 4 is 39.0 Å². The van der Waals surface area contributed by atoms with Gasteiger partial charge in [-0.25, -0.2) is 0 Å². The molecule has 2 rings (SSSR count). The first-order chi connectivity index (χ1) is 11.8. The van der Waals surface area contributed by atoms with Crippen LogP contribution in [0.4, 0.5) is 11.4 Å². The first-order valence-electron chi connectivity index (χ1n) is 7.29. The molecule has 130 valence electrons. The van der Waals surface area contributed by atoms with Crippen LogP contribution in [0.2, 0.25) is 0 Å². The van der Waals surface area contributed by atoms with Gasteiger partial charge in [-0.15, -0.1) is 0 Å². The summed E-state index contributed by atoms with van der Waals surface area (Å²) in [6.45, 7) is 1.39. The van der Waals surface area contributed by atoms with Crippen LogP contribution >= 0.6 is 15.9 Å². The molecule has 0 spiro atoms. The molecule has 0 saturated heterocycles. The van der Waals surface area contributed by atoms with Crippen LogP contribution in [0.1, 0.15) is 23.7 Å². The average Bonchev–Trinajstić information content (AvgIpc) is 2.58. The number of carbonyl (C=O) groups is 2. The van der Waals surface area contributed by atoms with Gasteiger partial charge < -0.3 is 9.88 Å². The molecule has 1 heterocycles. The highest BCUT2D eigenvalue weighted by molar-refractivity contribution is 9.10. The zero-order valence-corrected chi connectivity index (χ0v) is 14.8. The first kappa shape index (κ1) is 18.5. The molecule has 0 aliphatic heterocycles. The SMILES string of the molecule is CCC(=O)Nc1ccc(C(=O)Cn2cc(Br)cc([N+](=O)[O-])c2=O)cc1. The number of pyridine rings is 1. The summed E-state index contributed by atoms with van der Waals surface area (Å²) in [5.41, 5.74) is -0.587.